The fourth-order valence-electron chi connectivity index (χ4n) is 3.64. The molecule has 1 aromatic heterocycles. The lowest BCUT2D eigenvalue weighted by atomic mass is 9.92. The minimum Gasteiger partial charge on any atom is -0.382 e. The summed E-state index contributed by atoms with van der Waals surface area (Å²) in [6.45, 7) is 1.11. The average Bonchev–Trinajstić information content (AvgIpc) is 2.70. The van der Waals surface area contributed by atoms with E-state index in [9.17, 15) is 9.18 Å². The number of hydrogen-bond acceptors (Lipinski definition) is 3. The number of anilines is 1. The SMILES string of the molecule is Cl.O=C(NCCNc1c2c(nc3ccccc13)CCCC2)c1ccc(F)cc1. The van der Waals surface area contributed by atoms with Crippen LogP contribution >= 0.6 is 12.4 Å². The van der Waals surface area contributed by atoms with Crippen molar-refractivity contribution < 1.29 is 9.18 Å². The molecule has 1 amide bonds. The summed E-state index contributed by atoms with van der Waals surface area (Å²) < 4.78 is 13.0. The van der Waals surface area contributed by atoms with E-state index in [1.54, 1.807) is 0 Å². The summed E-state index contributed by atoms with van der Waals surface area (Å²) >= 11 is 0. The van der Waals surface area contributed by atoms with Crippen molar-refractivity contribution in [3.8, 4) is 0 Å². The quantitative estimate of drug-likeness (QED) is 0.620. The zero-order chi connectivity index (χ0) is 18.6. The monoisotopic (exact) mass is 399 g/mol. The second kappa shape index (κ2) is 9.02. The van der Waals surface area contributed by atoms with E-state index in [2.05, 4.69) is 16.7 Å². The Morgan fingerprint density at radius 2 is 1.75 bits per heavy atom. The Bertz CT molecular complexity index is 975. The fourth-order valence-corrected chi connectivity index (χ4v) is 3.64. The van der Waals surface area contributed by atoms with Crippen LogP contribution in [0.4, 0.5) is 10.1 Å². The molecular formula is C22H23ClFN3O. The minimum atomic E-state index is -0.345. The molecule has 28 heavy (non-hydrogen) atoms. The molecule has 0 spiro atoms. The molecule has 0 saturated carbocycles. The number of carbonyl (C=O) groups excluding carboxylic acids is 1. The molecule has 0 aliphatic heterocycles. The van der Waals surface area contributed by atoms with Gasteiger partial charge in [0.2, 0.25) is 0 Å². The number of rotatable bonds is 5. The number of para-hydroxylation sites is 1. The van der Waals surface area contributed by atoms with Gasteiger partial charge in [0.15, 0.2) is 0 Å². The Labute approximate surface area is 170 Å². The van der Waals surface area contributed by atoms with Crippen molar-refractivity contribution in [2.75, 3.05) is 18.4 Å². The first kappa shape index (κ1) is 20.1. The minimum absolute atomic E-state index is 0. The van der Waals surface area contributed by atoms with Gasteiger partial charge in [-0.2, -0.15) is 0 Å². The van der Waals surface area contributed by atoms with Crippen LogP contribution in [0, 0.1) is 5.82 Å². The van der Waals surface area contributed by atoms with E-state index in [1.807, 2.05) is 18.2 Å². The number of fused-ring (bicyclic) bond motifs is 2. The van der Waals surface area contributed by atoms with E-state index in [1.165, 1.54) is 48.4 Å². The van der Waals surface area contributed by atoms with Crippen LogP contribution < -0.4 is 10.6 Å². The molecule has 146 valence electrons. The predicted molar refractivity (Wildman–Crippen MR) is 113 cm³/mol. The van der Waals surface area contributed by atoms with Gasteiger partial charge in [0.05, 0.1) is 5.52 Å². The predicted octanol–water partition coefficient (Wildman–Crippen LogP) is 4.52. The second-order valence-electron chi connectivity index (χ2n) is 6.83. The number of halogens is 2. The molecule has 1 heterocycles. The third-order valence-corrected chi connectivity index (χ3v) is 4.99. The van der Waals surface area contributed by atoms with Crippen molar-refractivity contribution in [1.29, 1.82) is 0 Å². The Balaban J connectivity index is 0.00000225. The summed E-state index contributed by atoms with van der Waals surface area (Å²) in [5.74, 6) is -0.541. The van der Waals surface area contributed by atoms with Crippen molar-refractivity contribution in [3.05, 3.63) is 71.2 Å². The number of nitrogens with zero attached hydrogens (tertiary/aromatic N) is 1. The molecule has 1 aliphatic rings. The molecule has 1 aliphatic carbocycles. The first-order valence-corrected chi connectivity index (χ1v) is 9.40. The van der Waals surface area contributed by atoms with Crippen LogP contribution in [-0.2, 0) is 12.8 Å². The van der Waals surface area contributed by atoms with E-state index in [0.717, 1.165) is 29.4 Å². The van der Waals surface area contributed by atoms with Crippen LogP contribution in [0.25, 0.3) is 10.9 Å². The summed E-state index contributed by atoms with van der Waals surface area (Å²) in [5, 5.41) is 7.52. The van der Waals surface area contributed by atoms with Crippen molar-refractivity contribution in [2.24, 2.45) is 0 Å². The molecule has 4 rings (SSSR count). The van der Waals surface area contributed by atoms with Crippen LogP contribution in [0.15, 0.2) is 48.5 Å². The van der Waals surface area contributed by atoms with Crippen molar-refractivity contribution in [3.63, 3.8) is 0 Å². The van der Waals surface area contributed by atoms with Gasteiger partial charge in [-0.25, -0.2) is 4.39 Å². The number of aromatic nitrogens is 1. The normalized spacial score (nSPS) is 12.8. The summed E-state index contributed by atoms with van der Waals surface area (Å²) in [4.78, 5) is 17.0. The molecule has 0 radical (unpaired) electrons. The maximum atomic E-state index is 13.0. The molecule has 0 saturated heterocycles. The second-order valence-corrected chi connectivity index (χ2v) is 6.83. The number of benzene rings is 2. The molecule has 0 atom stereocenters. The summed E-state index contributed by atoms with van der Waals surface area (Å²) in [5.41, 5.74) is 5.12. The molecule has 4 nitrogen and oxygen atoms in total. The first-order valence-electron chi connectivity index (χ1n) is 9.40. The van der Waals surface area contributed by atoms with E-state index in [0.29, 0.717) is 18.7 Å². The van der Waals surface area contributed by atoms with E-state index < -0.39 is 0 Å². The zero-order valence-corrected chi connectivity index (χ0v) is 16.3. The summed E-state index contributed by atoms with van der Waals surface area (Å²) in [6.07, 6.45) is 4.43. The topological polar surface area (TPSA) is 54.0 Å². The van der Waals surface area contributed by atoms with Gasteiger partial charge in [0, 0.05) is 35.4 Å². The highest BCUT2D eigenvalue weighted by Gasteiger charge is 2.17. The molecule has 2 aromatic carbocycles. The van der Waals surface area contributed by atoms with Crippen LogP contribution in [0.3, 0.4) is 0 Å². The Kier molecular flexibility index (Phi) is 6.47. The van der Waals surface area contributed by atoms with Gasteiger partial charge < -0.3 is 10.6 Å². The van der Waals surface area contributed by atoms with Crippen LogP contribution in [0.5, 0.6) is 0 Å². The Morgan fingerprint density at radius 1 is 1.00 bits per heavy atom. The highest BCUT2D eigenvalue weighted by atomic mass is 35.5. The first-order chi connectivity index (χ1) is 13.2. The van der Waals surface area contributed by atoms with Gasteiger partial charge in [0.25, 0.3) is 5.91 Å². The lowest BCUT2D eigenvalue weighted by Crippen LogP contribution is -2.29. The number of carbonyl (C=O) groups is 1. The van der Waals surface area contributed by atoms with Crippen molar-refractivity contribution in [1.82, 2.24) is 10.3 Å². The smallest absolute Gasteiger partial charge is 0.251 e. The third-order valence-electron chi connectivity index (χ3n) is 4.99. The Hall–Kier alpha value is -2.66. The number of pyridine rings is 1. The highest BCUT2D eigenvalue weighted by Crippen LogP contribution is 2.32. The summed E-state index contributed by atoms with van der Waals surface area (Å²) in [7, 11) is 0. The summed E-state index contributed by atoms with van der Waals surface area (Å²) in [6, 6.07) is 13.8. The average molecular weight is 400 g/mol. The molecule has 2 N–H and O–H groups in total. The maximum absolute atomic E-state index is 13.0. The number of amides is 1. The molecule has 0 bridgehead atoms. The van der Waals surface area contributed by atoms with Gasteiger partial charge in [-0.15, -0.1) is 12.4 Å². The molecule has 6 heteroatoms. The Morgan fingerprint density at radius 3 is 2.57 bits per heavy atom. The highest BCUT2D eigenvalue weighted by molar-refractivity contribution is 5.95. The van der Waals surface area contributed by atoms with E-state index in [4.69, 9.17) is 4.98 Å². The van der Waals surface area contributed by atoms with Gasteiger partial charge in [0.1, 0.15) is 5.82 Å². The van der Waals surface area contributed by atoms with E-state index >= 15 is 0 Å². The molecular weight excluding hydrogens is 377 g/mol. The lowest BCUT2D eigenvalue weighted by Gasteiger charge is -2.21. The van der Waals surface area contributed by atoms with Crippen LogP contribution in [0.2, 0.25) is 0 Å². The van der Waals surface area contributed by atoms with Crippen molar-refractivity contribution >= 4 is 34.9 Å². The van der Waals surface area contributed by atoms with Crippen LogP contribution in [-0.4, -0.2) is 24.0 Å². The van der Waals surface area contributed by atoms with Gasteiger partial charge in [-0.1, -0.05) is 18.2 Å². The van der Waals surface area contributed by atoms with Crippen LogP contribution in [0.1, 0.15) is 34.5 Å². The van der Waals surface area contributed by atoms with Gasteiger partial charge in [-0.3, -0.25) is 9.78 Å². The standard InChI is InChI=1S/C22H22FN3O.ClH/c23-16-11-9-15(10-12-16)22(27)25-14-13-24-21-17-5-1-3-7-19(17)26-20-8-4-2-6-18(20)21;/h1,3,5,7,9-12H,2,4,6,8,13-14H2,(H,24,26)(H,25,27);1H. The third kappa shape index (κ3) is 4.25. The fraction of sp³-hybridized carbons (Fsp3) is 0.273. The molecule has 3 aromatic rings. The number of aryl methyl sites for hydroxylation is 1. The van der Waals surface area contributed by atoms with E-state index in [-0.39, 0.29) is 24.1 Å². The van der Waals surface area contributed by atoms with Crippen molar-refractivity contribution in [2.45, 2.75) is 25.7 Å². The van der Waals surface area contributed by atoms with Gasteiger partial charge >= 0.3 is 0 Å². The molecule has 0 fully saturated rings. The zero-order valence-electron chi connectivity index (χ0n) is 15.5. The lowest BCUT2D eigenvalue weighted by molar-refractivity contribution is 0.0955. The molecule has 0 unspecified atom stereocenters. The maximum Gasteiger partial charge on any atom is 0.251 e. The van der Waals surface area contributed by atoms with Gasteiger partial charge in [-0.05, 0) is 61.6 Å². The largest absolute Gasteiger partial charge is 0.382 e. The number of hydrogen-bond donors (Lipinski definition) is 2. The number of nitrogens with one attached hydrogen (secondary N) is 2.